The molecule has 1 atom stereocenters. The Morgan fingerprint density at radius 2 is 2.05 bits per heavy atom. The topological polar surface area (TPSA) is 24.9 Å². The monoisotopic (exact) mass is 414 g/mol. The van der Waals surface area contributed by atoms with Gasteiger partial charge in [-0.1, -0.05) is 31.4 Å². The Hall–Kier alpha value is -0.190. The van der Waals surface area contributed by atoms with E-state index >= 15 is 0 Å². The van der Waals surface area contributed by atoms with E-state index in [9.17, 15) is 0 Å². The average molecular weight is 416 g/mol. The molecule has 0 amide bonds. The van der Waals surface area contributed by atoms with Gasteiger partial charge in [-0.3, -0.25) is 4.98 Å². The third-order valence-corrected chi connectivity index (χ3v) is 4.97. The maximum Gasteiger partial charge on any atom is 0.0757 e. The van der Waals surface area contributed by atoms with Crippen LogP contribution >= 0.6 is 31.9 Å². The molecule has 4 heteroatoms. The minimum atomic E-state index is 0.241. The summed E-state index contributed by atoms with van der Waals surface area (Å²) in [4.78, 5) is 4.66. The number of hydrogen-bond acceptors (Lipinski definition) is 2. The molecule has 2 nitrogen and oxygen atoms in total. The van der Waals surface area contributed by atoms with Crippen LogP contribution in [0.1, 0.15) is 63.6 Å². The molecular formula is C17H24Br2N2. The molecular weight excluding hydrogens is 392 g/mol. The van der Waals surface area contributed by atoms with Gasteiger partial charge in [-0.25, -0.2) is 0 Å². The van der Waals surface area contributed by atoms with Crippen LogP contribution in [0.15, 0.2) is 32.9 Å². The fraction of sp³-hybridized carbons (Fsp3) is 0.588. The van der Waals surface area contributed by atoms with Crippen molar-refractivity contribution in [1.82, 2.24) is 10.3 Å². The summed E-state index contributed by atoms with van der Waals surface area (Å²) in [7, 11) is 0. The molecule has 0 radical (unpaired) electrons. The minimum Gasteiger partial charge on any atom is -0.305 e. The Kier molecular flexibility index (Phi) is 7.41. The molecule has 1 aromatic rings. The van der Waals surface area contributed by atoms with Gasteiger partial charge in [0, 0.05) is 15.1 Å². The molecule has 0 aromatic carbocycles. The van der Waals surface area contributed by atoms with Crippen LogP contribution in [0.2, 0.25) is 0 Å². The Bertz CT molecular complexity index is 486. The van der Waals surface area contributed by atoms with E-state index in [1.807, 2.05) is 6.20 Å². The highest BCUT2D eigenvalue weighted by Crippen LogP contribution is 2.32. The summed E-state index contributed by atoms with van der Waals surface area (Å²) in [5.74, 6) is 0. The molecule has 0 saturated carbocycles. The van der Waals surface area contributed by atoms with Crippen LogP contribution in [-0.4, -0.2) is 11.5 Å². The maximum absolute atomic E-state index is 4.66. The average Bonchev–Trinajstić information content (AvgIpc) is 2.42. The molecule has 1 aromatic heterocycles. The lowest BCUT2D eigenvalue weighted by molar-refractivity contribution is 0.531. The van der Waals surface area contributed by atoms with E-state index in [1.54, 1.807) is 0 Å². The highest BCUT2D eigenvalue weighted by Gasteiger charge is 2.20. The summed E-state index contributed by atoms with van der Waals surface area (Å²) in [5.41, 5.74) is 2.62. The normalized spacial score (nSPS) is 17.8. The first kappa shape index (κ1) is 17.2. The van der Waals surface area contributed by atoms with E-state index < -0.39 is 0 Å². The van der Waals surface area contributed by atoms with Crippen molar-refractivity contribution in [2.75, 3.05) is 6.54 Å². The molecule has 1 heterocycles. The van der Waals surface area contributed by atoms with E-state index in [0.717, 1.165) is 27.6 Å². The van der Waals surface area contributed by atoms with Crippen molar-refractivity contribution in [3.8, 4) is 0 Å². The van der Waals surface area contributed by atoms with Crippen molar-refractivity contribution in [2.24, 2.45) is 0 Å². The molecule has 1 N–H and O–H groups in total. The number of nitrogens with one attached hydrogen (secondary N) is 1. The maximum atomic E-state index is 4.66. The summed E-state index contributed by atoms with van der Waals surface area (Å²) in [6, 6.07) is 2.33. The van der Waals surface area contributed by atoms with Crippen LogP contribution in [-0.2, 0) is 0 Å². The minimum absolute atomic E-state index is 0.241. The second-order valence-corrected chi connectivity index (χ2v) is 7.41. The lowest BCUT2D eigenvalue weighted by atomic mass is 9.93. The number of allylic oxidation sites excluding steroid dienone is 1. The smallest absolute Gasteiger partial charge is 0.0757 e. The molecule has 21 heavy (non-hydrogen) atoms. The number of aromatic nitrogens is 1. The molecule has 0 fully saturated rings. The van der Waals surface area contributed by atoms with Crippen LogP contribution in [0.3, 0.4) is 0 Å². The van der Waals surface area contributed by atoms with Gasteiger partial charge >= 0.3 is 0 Å². The van der Waals surface area contributed by atoms with Crippen LogP contribution in [0.5, 0.6) is 0 Å². The van der Waals surface area contributed by atoms with E-state index in [0.29, 0.717) is 0 Å². The van der Waals surface area contributed by atoms with E-state index in [2.05, 4.69) is 61.2 Å². The molecule has 0 aliphatic heterocycles. The van der Waals surface area contributed by atoms with E-state index in [4.69, 9.17) is 0 Å². The van der Waals surface area contributed by atoms with Gasteiger partial charge in [-0.2, -0.15) is 0 Å². The Labute approximate surface area is 145 Å². The molecule has 2 rings (SSSR count). The fourth-order valence-electron chi connectivity index (χ4n) is 2.81. The van der Waals surface area contributed by atoms with Crippen LogP contribution in [0, 0.1) is 0 Å². The van der Waals surface area contributed by atoms with Crippen molar-refractivity contribution in [1.29, 1.82) is 0 Å². The predicted molar refractivity (Wildman–Crippen MR) is 96.5 cm³/mol. The third-order valence-electron chi connectivity index (χ3n) is 3.91. The van der Waals surface area contributed by atoms with Crippen molar-refractivity contribution in [2.45, 2.75) is 57.9 Å². The number of halogens is 2. The quantitative estimate of drug-likeness (QED) is 0.603. The predicted octanol–water partition coefficient (Wildman–Crippen LogP) is 5.93. The zero-order chi connectivity index (χ0) is 15.1. The van der Waals surface area contributed by atoms with Gasteiger partial charge in [0.2, 0.25) is 0 Å². The highest BCUT2D eigenvalue weighted by atomic mass is 79.9. The first-order valence-corrected chi connectivity index (χ1v) is 9.54. The molecule has 1 unspecified atom stereocenters. The van der Waals surface area contributed by atoms with Gasteiger partial charge in [-0.05, 0) is 76.6 Å². The van der Waals surface area contributed by atoms with Gasteiger partial charge < -0.3 is 5.32 Å². The molecule has 0 spiro atoms. The molecule has 1 aliphatic rings. The number of nitrogens with zero attached hydrogens (tertiary/aromatic N) is 1. The lowest BCUT2D eigenvalue weighted by Gasteiger charge is -2.24. The number of pyridine rings is 1. The van der Waals surface area contributed by atoms with Gasteiger partial charge in [0.25, 0.3) is 0 Å². The number of hydrogen-bond donors (Lipinski definition) is 1. The molecule has 1 aliphatic carbocycles. The molecule has 116 valence electrons. The highest BCUT2D eigenvalue weighted by molar-refractivity contribution is 9.11. The SMILES string of the molecule is CCCNC(C1=CCCCCCC1)c1ncc(Br)cc1Br. The second kappa shape index (κ2) is 9.06. The fourth-order valence-corrected chi connectivity index (χ4v) is 4.02. The zero-order valence-electron chi connectivity index (χ0n) is 12.7. The van der Waals surface area contributed by atoms with Gasteiger partial charge in [0.15, 0.2) is 0 Å². The third kappa shape index (κ3) is 5.19. The Morgan fingerprint density at radius 3 is 2.81 bits per heavy atom. The standard InChI is InChI=1S/C17H24Br2N2/c1-2-10-20-16(13-8-6-4-3-5-7-9-13)17-15(19)11-14(18)12-21-17/h8,11-12,16,20H,2-7,9-10H2,1H3. The van der Waals surface area contributed by atoms with E-state index in [1.165, 1.54) is 44.1 Å². The molecule has 0 saturated heterocycles. The van der Waals surface area contributed by atoms with Crippen molar-refractivity contribution in [3.05, 3.63) is 38.6 Å². The van der Waals surface area contributed by atoms with Crippen LogP contribution in [0.25, 0.3) is 0 Å². The Balaban J connectivity index is 2.27. The second-order valence-electron chi connectivity index (χ2n) is 5.64. The van der Waals surface area contributed by atoms with Gasteiger partial charge in [-0.15, -0.1) is 0 Å². The summed E-state index contributed by atoms with van der Waals surface area (Å²) in [6.07, 6.45) is 13.2. The van der Waals surface area contributed by atoms with Gasteiger partial charge in [0.05, 0.1) is 11.7 Å². The Morgan fingerprint density at radius 1 is 1.24 bits per heavy atom. The first-order valence-electron chi connectivity index (χ1n) is 7.95. The summed E-state index contributed by atoms with van der Waals surface area (Å²) >= 11 is 7.17. The summed E-state index contributed by atoms with van der Waals surface area (Å²) < 4.78 is 2.09. The van der Waals surface area contributed by atoms with Crippen molar-refractivity contribution in [3.63, 3.8) is 0 Å². The van der Waals surface area contributed by atoms with Crippen molar-refractivity contribution < 1.29 is 0 Å². The van der Waals surface area contributed by atoms with Gasteiger partial charge in [0.1, 0.15) is 0 Å². The van der Waals surface area contributed by atoms with Crippen LogP contribution < -0.4 is 5.32 Å². The van der Waals surface area contributed by atoms with Crippen molar-refractivity contribution >= 4 is 31.9 Å². The summed E-state index contributed by atoms with van der Waals surface area (Å²) in [6.45, 7) is 3.23. The van der Waals surface area contributed by atoms with E-state index in [-0.39, 0.29) is 6.04 Å². The molecule has 0 bridgehead atoms. The number of rotatable bonds is 5. The summed E-state index contributed by atoms with van der Waals surface area (Å²) in [5, 5.41) is 3.69. The zero-order valence-corrected chi connectivity index (χ0v) is 15.8. The van der Waals surface area contributed by atoms with Crippen LogP contribution in [0.4, 0.5) is 0 Å². The largest absolute Gasteiger partial charge is 0.305 e. The first-order chi connectivity index (χ1) is 10.2. The lowest BCUT2D eigenvalue weighted by Crippen LogP contribution is -2.25.